The van der Waals surface area contributed by atoms with Crippen molar-refractivity contribution in [2.75, 3.05) is 17.2 Å². The number of carbonyl (C=O) groups is 1. The number of aliphatic hydroxyl groups is 3. The first-order valence-corrected chi connectivity index (χ1v) is 11.3. The Labute approximate surface area is 201 Å². The molecule has 1 aromatic heterocycles. The first-order chi connectivity index (χ1) is 17.0. The van der Waals surface area contributed by atoms with Crippen LogP contribution in [0.3, 0.4) is 0 Å². The van der Waals surface area contributed by atoms with Gasteiger partial charge in [0, 0.05) is 5.69 Å². The van der Waals surface area contributed by atoms with Crippen LogP contribution in [0.15, 0.2) is 72.8 Å². The van der Waals surface area contributed by atoms with Crippen molar-refractivity contribution in [2.45, 2.75) is 30.8 Å². The molecule has 9 nitrogen and oxygen atoms in total. The number of nitrogens with one attached hydrogen (secondary N) is 3. The van der Waals surface area contributed by atoms with E-state index < -0.39 is 37.1 Å². The van der Waals surface area contributed by atoms with E-state index in [4.69, 9.17) is 4.74 Å². The number of hydrogen-bond donors (Lipinski definition) is 6. The summed E-state index contributed by atoms with van der Waals surface area (Å²) >= 11 is 0. The van der Waals surface area contributed by atoms with Gasteiger partial charge in [-0.2, -0.15) is 0 Å². The highest BCUT2D eigenvalue weighted by atomic mass is 16.6. The molecule has 0 unspecified atom stereocenters. The summed E-state index contributed by atoms with van der Waals surface area (Å²) in [7, 11) is 0. The number of imidazole rings is 1. The molecule has 0 saturated carbocycles. The lowest BCUT2D eigenvalue weighted by Gasteiger charge is -2.11. The van der Waals surface area contributed by atoms with E-state index in [1.165, 1.54) is 5.56 Å². The van der Waals surface area contributed by atoms with Crippen LogP contribution in [0, 0.1) is 0 Å². The highest BCUT2D eigenvalue weighted by Gasteiger charge is 2.44. The minimum absolute atomic E-state index is 0.297. The van der Waals surface area contributed by atoms with Crippen molar-refractivity contribution >= 4 is 28.4 Å². The molecule has 180 valence electrons. The van der Waals surface area contributed by atoms with Gasteiger partial charge in [0.2, 0.25) is 0 Å². The molecule has 4 aromatic rings. The molecule has 3 aromatic carbocycles. The molecule has 5 rings (SSSR count). The fourth-order valence-electron chi connectivity index (χ4n) is 4.29. The molecule has 6 N–H and O–H groups in total. The fourth-order valence-corrected chi connectivity index (χ4v) is 4.29. The maximum atomic E-state index is 12.7. The van der Waals surface area contributed by atoms with Crippen molar-refractivity contribution in [1.29, 1.82) is 0 Å². The van der Waals surface area contributed by atoms with E-state index in [9.17, 15) is 20.1 Å². The van der Waals surface area contributed by atoms with Gasteiger partial charge in [0.15, 0.2) is 0 Å². The number of amides is 2. The van der Waals surface area contributed by atoms with Gasteiger partial charge < -0.3 is 35.7 Å². The number of fused-ring (bicyclic) bond motifs is 1. The smallest absolute Gasteiger partial charge is 0.323 e. The van der Waals surface area contributed by atoms with Gasteiger partial charge in [-0.05, 0) is 41.8 Å². The molecule has 0 spiro atoms. The zero-order valence-electron chi connectivity index (χ0n) is 18.8. The van der Waals surface area contributed by atoms with Gasteiger partial charge in [0.25, 0.3) is 0 Å². The molecular formula is C26H26N4O5. The number of urea groups is 1. The Morgan fingerprint density at radius 3 is 2.49 bits per heavy atom. The Balaban J connectivity index is 1.30. The summed E-state index contributed by atoms with van der Waals surface area (Å²) in [5.74, 6) is 0.297. The third-order valence-corrected chi connectivity index (χ3v) is 6.03. The molecule has 1 fully saturated rings. The van der Waals surface area contributed by atoms with E-state index in [-0.39, 0.29) is 0 Å². The zero-order valence-corrected chi connectivity index (χ0v) is 18.8. The number of H-pyrrole nitrogens is 1. The Hall–Kier alpha value is -3.76. The number of aliphatic hydroxyl groups excluding tert-OH is 3. The minimum atomic E-state index is -1.24. The predicted molar refractivity (Wildman–Crippen MR) is 131 cm³/mol. The molecular weight excluding hydrogens is 448 g/mol. The maximum absolute atomic E-state index is 12.7. The highest BCUT2D eigenvalue weighted by molar-refractivity contribution is 6.04. The van der Waals surface area contributed by atoms with Gasteiger partial charge >= 0.3 is 6.03 Å². The molecule has 1 saturated heterocycles. The highest BCUT2D eigenvalue weighted by Crippen LogP contribution is 2.34. The topological polar surface area (TPSA) is 140 Å². The standard InChI is InChI=1S/C26H26N4O5/c31-14-20-22(32)23(33)24(35-20)25-28-18-10-5-11-19(21(18)30-25)29-26(34)27-17-9-4-8-16(13-17)12-15-6-2-1-3-7-15/h1-11,13,20,22-24,31-33H,12,14H2,(H,28,30)(H2,27,29,34)/t20-,22-,23-,24-/m1/s1. The molecule has 0 bridgehead atoms. The van der Waals surface area contributed by atoms with E-state index in [0.29, 0.717) is 28.2 Å². The fraction of sp³-hybridized carbons (Fsp3) is 0.231. The summed E-state index contributed by atoms with van der Waals surface area (Å²) in [4.78, 5) is 20.3. The number of ether oxygens (including phenoxy) is 1. The minimum Gasteiger partial charge on any atom is -0.394 e. The average molecular weight is 475 g/mol. The van der Waals surface area contributed by atoms with E-state index >= 15 is 0 Å². The van der Waals surface area contributed by atoms with Crippen LogP contribution in [-0.2, 0) is 11.2 Å². The molecule has 2 amide bonds. The predicted octanol–water partition coefficient (Wildman–Crippen LogP) is 2.95. The number of para-hydroxylation sites is 1. The Kier molecular flexibility index (Phi) is 6.47. The van der Waals surface area contributed by atoms with Crippen molar-refractivity contribution in [1.82, 2.24) is 9.97 Å². The average Bonchev–Trinajstić information content (AvgIpc) is 3.41. The van der Waals surface area contributed by atoms with Gasteiger partial charge in [-0.1, -0.05) is 48.5 Å². The Bertz CT molecular complexity index is 1330. The van der Waals surface area contributed by atoms with Crippen LogP contribution in [0.2, 0.25) is 0 Å². The van der Waals surface area contributed by atoms with Crippen LogP contribution in [0.4, 0.5) is 16.2 Å². The van der Waals surface area contributed by atoms with E-state index in [2.05, 4.69) is 32.7 Å². The molecule has 35 heavy (non-hydrogen) atoms. The first-order valence-electron chi connectivity index (χ1n) is 11.3. The molecule has 2 heterocycles. The maximum Gasteiger partial charge on any atom is 0.323 e. The largest absolute Gasteiger partial charge is 0.394 e. The monoisotopic (exact) mass is 474 g/mol. The summed E-state index contributed by atoms with van der Waals surface area (Å²) in [6, 6.07) is 22.6. The number of carbonyl (C=O) groups excluding carboxylic acids is 1. The van der Waals surface area contributed by atoms with Gasteiger partial charge in [-0.3, -0.25) is 0 Å². The lowest BCUT2D eigenvalue weighted by molar-refractivity contribution is -0.0249. The lowest BCUT2D eigenvalue weighted by Crippen LogP contribution is -2.32. The molecule has 1 aliphatic heterocycles. The molecule has 9 heteroatoms. The molecule has 0 radical (unpaired) electrons. The number of hydrogen-bond acceptors (Lipinski definition) is 6. The van der Waals surface area contributed by atoms with Crippen LogP contribution in [0.25, 0.3) is 11.0 Å². The second-order valence-electron chi connectivity index (χ2n) is 8.52. The summed E-state index contributed by atoms with van der Waals surface area (Å²) in [5.41, 5.74) is 4.50. The number of rotatable bonds is 6. The van der Waals surface area contributed by atoms with Gasteiger partial charge in [-0.15, -0.1) is 0 Å². The van der Waals surface area contributed by atoms with Crippen LogP contribution >= 0.6 is 0 Å². The normalized spacial score (nSPS) is 21.8. The number of anilines is 2. The molecule has 0 aliphatic carbocycles. The van der Waals surface area contributed by atoms with Crippen molar-refractivity contribution in [3.05, 3.63) is 89.7 Å². The number of aromatic amines is 1. The SMILES string of the molecule is O=C(Nc1cccc(Cc2ccccc2)c1)Nc1cccc2[nH]c([C@@H]3O[C@H](CO)[C@@H](O)[C@H]3O)nc12. The Morgan fingerprint density at radius 1 is 0.943 bits per heavy atom. The first kappa shape index (κ1) is 23.0. The van der Waals surface area contributed by atoms with Crippen LogP contribution < -0.4 is 10.6 Å². The van der Waals surface area contributed by atoms with E-state index in [1.54, 1.807) is 18.2 Å². The summed E-state index contributed by atoms with van der Waals surface area (Å²) in [6.45, 7) is -0.422. The summed E-state index contributed by atoms with van der Waals surface area (Å²) in [5, 5.41) is 35.4. The second-order valence-corrected chi connectivity index (χ2v) is 8.52. The summed E-state index contributed by atoms with van der Waals surface area (Å²) < 4.78 is 5.56. The van der Waals surface area contributed by atoms with Crippen molar-refractivity contribution in [2.24, 2.45) is 0 Å². The van der Waals surface area contributed by atoms with Gasteiger partial charge in [0.05, 0.1) is 17.8 Å². The van der Waals surface area contributed by atoms with Crippen LogP contribution in [0.5, 0.6) is 0 Å². The number of nitrogens with zero attached hydrogens (tertiary/aromatic N) is 1. The molecule has 4 atom stereocenters. The third-order valence-electron chi connectivity index (χ3n) is 6.03. The quantitative estimate of drug-likeness (QED) is 0.254. The second kappa shape index (κ2) is 9.85. The van der Waals surface area contributed by atoms with Crippen molar-refractivity contribution in [3.8, 4) is 0 Å². The van der Waals surface area contributed by atoms with Crippen LogP contribution in [-0.4, -0.2) is 56.2 Å². The third kappa shape index (κ3) is 4.89. The zero-order chi connectivity index (χ0) is 24.4. The van der Waals surface area contributed by atoms with E-state index in [1.807, 2.05) is 42.5 Å². The number of benzene rings is 3. The van der Waals surface area contributed by atoms with Gasteiger partial charge in [0.1, 0.15) is 35.8 Å². The lowest BCUT2D eigenvalue weighted by atomic mass is 10.0. The van der Waals surface area contributed by atoms with Crippen molar-refractivity contribution in [3.63, 3.8) is 0 Å². The number of aromatic nitrogens is 2. The van der Waals surface area contributed by atoms with Crippen molar-refractivity contribution < 1.29 is 24.9 Å². The van der Waals surface area contributed by atoms with Gasteiger partial charge in [-0.25, -0.2) is 9.78 Å². The Morgan fingerprint density at radius 2 is 1.71 bits per heavy atom. The summed E-state index contributed by atoms with van der Waals surface area (Å²) in [6.07, 6.45) is -3.53. The molecule has 1 aliphatic rings. The van der Waals surface area contributed by atoms with E-state index in [0.717, 1.165) is 12.0 Å². The van der Waals surface area contributed by atoms with Crippen LogP contribution in [0.1, 0.15) is 23.1 Å².